The molecule has 0 atom stereocenters. The minimum Gasteiger partial charge on any atom is -0.337 e. The summed E-state index contributed by atoms with van der Waals surface area (Å²) in [5.74, 6) is 0.143. The number of carbonyl (C=O) groups excluding carboxylic acids is 1. The van der Waals surface area contributed by atoms with Crippen molar-refractivity contribution in [3.05, 3.63) is 47.4 Å². The van der Waals surface area contributed by atoms with E-state index in [9.17, 15) is 26.4 Å². The van der Waals surface area contributed by atoms with E-state index in [4.69, 9.17) is 0 Å². The molecule has 158 valence electrons. The number of benzene rings is 1. The van der Waals surface area contributed by atoms with Crippen LogP contribution in [0.25, 0.3) is 0 Å². The molecule has 2 heterocycles. The molecule has 29 heavy (non-hydrogen) atoms. The number of sulfonamides is 1. The van der Waals surface area contributed by atoms with Gasteiger partial charge in [-0.25, -0.2) is 13.4 Å². The van der Waals surface area contributed by atoms with Gasteiger partial charge < -0.3 is 9.47 Å². The predicted octanol–water partition coefficient (Wildman–Crippen LogP) is 2.28. The molecule has 0 spiro atoms. The molecule has 1 saturated heterocycles. The van der Waals surface area contributed by atoms with E-state index in [2.05, 4.69) is 4.98 Å². The Labute approximate surface area is 166 Å². The van der Waals surface area contributed by atoms with Crippen LogP contribution in [0.4, 0.5) is 13.2 Å². The van der Waals surface area contributed by atoms with Crippen molar-refractivity contribution in [1.82, 2.24) is 18.8 Å². The fraction of sp³-hybridized carbons (Fsp3) is 0.444. The number of nitrogens with zero attached hydrogens (tertiary/aromatic N) is 4. The highest BCUT2D eigenvalue weighted by Gasteiger charge is 2.32. The van der Waals surface area contributed by atoms with Crippen LogP contribution < -0.4 is 0 Å². The molecule has 0 unspecified atom stereocenters. The standard InChI is InChI=1S/C18H21F3N4O3S/c1-13-22-16(12-23(13)2)29(27,28)25-9-3-8-24(10-11-25)17(26)14-4-6-15(7-5-14)18(19,20)21/h4-7,12H,3,8-11H2,1-2H3. The Morgan fingerprint density at radius 3 is 2.28 bits per heavy atom. The first kappa shape index (κ1) is 21.3. The quantitative estimate of drug-likeness (QED) is 0.749. The zero-order chi connectivity index (χ0) is 21.4. The molecule has 0 aliphatic carbocycles. The van der Waals surface area contributed by atoms with E-state index >= 15 is 0 Å². The van der Waals surface area contributed by atoms with Crippen LogP contribution in [0.5, 0.6) is 0 Å². The van der Waals surface area contributed by atoms with Gasteiger partial charge in [-0.3, -0.25) is 4.79 Å². The second-order valence-corrected chi connectivity index (χ2v) is 8.75. The number of rotatable bonds is 3. The van der Waals surface area contributed by atoms with E-state index in [0.717, 1.165) is 24.3 Å². The van der Waals surface area contributed by atoms with Gasteiger partial charge in [0.05, 0.1) is 5.56 Å². The van der Waals surface area contributed by atoms with Gasteiger partial charge in [-0.15, -0.1) is 0 Å². The lowest BCUT2D eigenvalue weighted by Gasteiger charge is -2.21. The maximum Gasteiger partial charge on any atom is 0.416 e. The van der Waals surface area contributed by atoms with E-state index in [0.29, 0.717) is 18.8 Å². The highest BCUT2D eigenvalue weighted by Crippen LogP contribution is 2.29. The summed E-state index contributed by atoms with van der Waals surface area (Å²) < 4.78 is 66.6. The first-order valence-electron chi connectivity index (χ1n) is 8.97. The topological polar surface area (TPSA) is 75.5 Å². The van der Waals surface area contributed by atoms with E-state index in [-0.39, 0.29) is 30.2 Å². The summed E-state index contributed by atoms with van der Waals surface area (Å²) in [6, 6.07) is 4.01. The highest BCUT2D eigenvalue weighted by atomic mass is 32.2. The molecule has 1 amide bonds. The van der Waals surface area contributed by atoms with E-state index in [1.165, 1.54) is 15.4 Å². The summed E-state index contributed by atoms with van der Waals surface area (Å²) in [6.45, 7) is 2.48. The maximum absolute atomic E-state index is 12.8. The Morgan fingerprint density at radius 2 is 1.72 bits per heavy atom. The number of halogens is 3. The Hall–Kier alpha value is -2.40. The van der Waals surface area contributed by atoms with Crippen molar-refractivity contribution < 1.29 is 26.4 Å². The molecule has 1 aliphatic rings. The molecular formula is C18H21F3N4O3S. The number of alkyl halides is 3. The van der Waals surface area contributed by atoms with Crippen molar-refractivity contribution in [2.75, 3.05) is 26.2 Å². The Balaban J connectivity index is 1.71. The average molecular weight is 430 g/mol. The van der Waals surface area contributed by atoms with Crippen LogP contribution in [-0.2, 0) is 23.2 Å². The molecule has 0 N–H and O–H groups in total. The van der Waals surface area contributed by atoms with Crippen molar-refractivity contribution in [3.8, 4) is 0 Å². The van der Waals surface area contributed by atoms with Gasteiger partial charge in [-0.2, -0.15) is 17.5 Å². The lowest BCUT2D eigenvalue weighted by Crippen LogP contribution is -2.37. The molecule has 1 aromatic heterocycles. The SMILES string of the molecule is Cc1nc(S(=O)(=O)N2CCCN(C(=O)c3ccc(C(F)(F)F)cc3)CC2)cn1C. The summed E-state index contributed by atoms with van der Waals surface area (Å²) in [6.07, 6.45) is -2.61. The molecule has 7 nitrogen and oxygen atoms in total. The van der Waals surface area contributed by atoms with E-state index in [1.54, 1.807) is 18.5 Å². The zero-order valence-corrected chi connectivity index (χ0v) is 16.8. The minimum absolute atomic E-state index is 0.0417. The third-order valence-corrected chi connectivity index (χ3v) is 6.66. The van der Waals surface area contributed by atoms with Gasteiger partial charge in [0.15, 0.2) is 5.03 Å². The van der Waals surface area contributed by atoms with Gasteiger partial charge in [-0.1, -0.05) is 0 Å². The van der Waals surface area contributed by atoms with Gasteiger partial charge in [0.1, 0.15) is 5.82 Å². The smallest absolute Gasteiger partial charge is 0.337 e. The summed E-state index contributed by atoms with van der Waals surface area (Å²) in [4.78, 5) is 18.2. The van der Waals surface area contributed by atoms with E-state index < -0.39 is 27.7 Å². The van der Waals surface area contributed by atoms with Crippen LogP contribution in [0, 0.1) is 6.92 Å². The highest BCUT2D eigenvalue weighted by molar-refractivity contribution is 7.89. The molecule has 11 heteroatoms. The van der Waals surface area contributed by atoms with Crippen molar-refractivity contribution in [1.29, 1.82) is 0 Å². The summed E-state index contributed by atoms with van der Waals surface area (Å²) in [5.41, 5.74) is -0.692. The number of amides is 1. The Kier molecular flexibility index (Phi) is 5.72. The second kappa shape index (κ2) is 7.79. The third kappa shape index (κ3) is 4.45. The van der Waals surface area contributed by atoms with Crippen LogP contribution in [0.15, 0.2) is 35.5 Å². The predicted molar refractivity (Wildman–Crippen MR) is 98.7 cm³/mol. The lowest BCUT2D eigenvalue weighted by molar-refractivity contribution is -0.137. The number of carbonyl (C=O) groups is 1. The maximum atomic E-state index is 12.8. The minimum atomic E-state index is -4.47. The first-order valence-corrected chi connectivity index (χ1v) is 10.4. The molecule has 0 radical (unpaired) electrons. The van der Waals surface area contributed by atoms with E-state index in [1.807, 2.05) is 0 Å². The van der Waals surface area contributed by atoms with Crippen molar-refractivity contribution in [3.63, 3.8) is 0 Å². The van der Waals surface area contributed by atoms with Crippen LogP contribution in [-0.4, -0.2) is 59.3 Å². The summed E-state index contributed by atoms with van der Waals surface area (Å²) in [7, 11) is -2.08. The molecule has 3 rings (SSSR count). The van der Waals surface area contributed by atoms with Gasteiger partial charge in [-0.05, 0) is 37.6 Å². The van der Waals surface area contributed by atoms with Crippen molar-refractivity contribution in [2.45, 2.75) is 24.5 Å². The van der Waals surface area contributed by atoms with Crippen molar-refractivity contribution >= 4 is 15.9 Å². The van der Waals surface area contributed by atoms with Crippen LogP contribution in [0.3, 0.4) is 0 Å². The number of imidazole rings is 1. The molecular weight excluding hydrogens is 409 g/mol. The van der Waals surface area contributed by atoms with Crippen LogP contribution in [0.1, 0.15) is 28.2 Å². The third-order valence-electron chi connectivity index (χ3n) is 4.89. The normalized spacial score (nSPS) is 16.7. The largest absolute Gasteiger partial charge is 0.416 e. The molecule has 0 saturated carbocycles. The number of aryl methyl sites for hydroxylation is 2. The summed E-state index contributed by atoms with van der Waals surface area (Å²) >= 11 is 0. The second-order valence-electron chi connectivity index (χ2n) is 6.86. The van der Waals surface area contributed by atoms with Gasteiger partial charge >= 0.3 is 6.18 Å². The molecule has 0 bridgehead atoms. The van der Waals surface area contributed by atoms with Gasteiger partial charge in [0, 0.05) is 45.0 Å². The molecule has 1 fully saturated rings. The summed E-state index contributed by atoms with van der Waals surface area (Å²) in [5, 5.41) is -0.0417. The Bertz CT molecular complexity index is 981. The van der Waals surface area contributed by atoms with Crippen LogP contribution >= 0.6 is 0 Å². The molecule has 2 aromatic rings. The average Bonchev–Trinajstić information content (AvgIpc) is 2.86. The van der Waals surface area contributed by atoms with Gasteiger partial charge in [0.25, 0.3) is 15.9 Å². The Morgan fingerprint density at radius 1 is 1.07 bits per heavy atom. The fourth-order valence-electron chi connectivity index (χ4n) is 3.10. The van der Waals surface area contributed by atoms with Crippen molar-refractivity contribution in [2.24, 2.45) is 7.05 Å². The molecule has 1 aliphatic heterocycles. The van der Waals surface area contributed by atoms with Crippen LogP contribution in [0.2, 0.25) is 0 Å². The fourth-order valence-corrected chi connectivity index (χ4v) is 4.60. The number of aromatic nitrogens is 2. The number of hydrogen-bond donors (Lipinski definition) is 0. The lowest BCUT2D eigenvalue weighted by atomic mass is 10.1. The van der Waals surface area contributed by atoms with Gasteiger partial charge in [0.2, 0.25) is 0 Å². The molecule has 1 aromatic carbocycles. The monoisotopic (exact) mass is 430 g/mol. The first-order chi connectivity index (χ1) is 13.5. The number of hydrogen-bond acceptors (Lipinski definition) is 4. The zero-order valence-electron chi connectivity index (χ0n) is 16.0.